The van der Waals surface area contributed by atoms with E-state index >= 15 is 0 Å². The summed E-state index contributed by atoms with van der Waals surface area (Å²) in [7, 11) is -3.78. The third-order valence-electron chi connectivity index (χ3n) is 3.74. The average Bonchev–Trinajstić information content (AvgIpc) is 3.19. The molecule has 0 aromatic heterocycles. The van der Waals surface area contributed by atoms with Crippen LogP contribution in [0.5, 0.6) is 0 Å². The van der Waals surface area contributed by atoms with Crippen molar-refractivity contribution in [2.24, 2.45) is 0 Å². The predicted octanol–water partition coefficient (Wildman–Crippen LogP) is 1.66. The van der Waals surface area contributed by atoms with Crippen molar-refractivity contribution in [3.63, 3.8) is 0 Å². The Labute approximate surface area is 119 Å². The third kappa shape index (κ3) is 2.27. The van der Waals surface area contributed by atoms with Gasteiger partial charge in [0.15, 0.2) is 9.84 Å². The smallest absolute Gasteiger partial charge is 0.534 e. The molecule has 20 heavy (non-hydrogen) atoms. The standard InChI is InChI=1S/C14H17BO4S/c1-10-14(2,3)19-15(18-10)11-5-4-6-13(9-11)20(16,17)12-7-8-12/h4-6,9,12H,1,7-8H2,2-3H3. The fourth-order valence-corrected chi connectivity index (χ4v) is 3.88. The molecule has 0 N–H and O–H groups in total. The first-order chi connectivity index (χ1) is 9.30. The topological polar surface area (TPSA) is 52.6 Å². The Morgan fingerprint density at radius 1 is 1.35 bits per heavy atom. The van der Waals surface area contributed by atoms with Gasteiger partial charge in [0.25, 0.3) is 0 Å². The quantitative estimate of drug-likeness (QED) is 0.795. The minimum absolute atomic E-state index is 0.213. The van der Waals surface area contributed by atoms with Gasteiger partial charge in [0.05, 0.1) is 15.9 Å². The van der Waals surface area contributed by atoms with Crippen molar-refractivity contribution in [2.75, 3.05) is 0 Å². The fraction of sp³-hybridized carbons (Fsp3) is 0.429. The third-order valence-corrected chi connectivity index (χ3v) is 6.00. The van der Waals surface area contributed by atoms with Crippen LogP contribution in [0.4, 0.5) is 0 Å². The first kappa shape index (κ1) is 13.7. The molecule has 2 fully saturated rings. The van der Waals surface area contributed by atoms with Crippen molar-refractivity contribution >= 4 is 22.4 Å². The first-order valence-corrected chi connectivity index (χ1v) is 8.23. The fourth-order valence-electron chi connectivity index (χ4n) is 2.17. The van der Waals surface area contributed by atoms with Gasteiger partial charge in [-0.25, -0.2) is 8.42 Å². The van der Waals surface area contributed by atoms with Crippen LogP contribution in [0, 0.1) is 0 Å². The van der Waals surface area contributed by atoms with E-state index in [0.29, 0.717) is 16.1 Å². The van der Waals surface area contributed by atoms with Crippen LogP contribution in [-0.2, 0) is 19.1 Å². The van der Waals surface area contributed by atoms with E-state index in [1.807, 2.05) is 19.9 Å². The zero-order chi connectivity index (χ0) is 14.5. The van der Waals surface area contributed by atoms with E-state index in [2.05, 4.69) is 6.58 Å². The van der Waals surface area contributed by atoms with Gasteiger partial charge in [-0.05, 0) is 44.3 Å². The Morgan fingerprint density at radius 3 is 2.60 bits per heavy atom. The molecule has 1 saturated heterocycles. The highest BCUT2D eigenvalue weighted by atomic mass is 32.2. The number of hydrogen-bond acceptors (Lipinski definition) is 4. The Balaban J connectivity index is 1.91. The molecule has 1 aliphatic heterocycles. The summed E-state index contributed by atoms with van der Waals surface area (Å²) < 4.78 is 35.9. The largest absolute Gasteiger partial charge is 0.563 e. The molecule has 1 saturated carbocycles. The molecule has 0 radical (unpaired) electrons. The molecule has 0 amide bonds. The van der Waals surface area contributed by atoms with Crippen LogP contribution in [0.1, 0.15) is 26.7 Å². The minimum Gasteiger partial charge on any atom is -0.534 e. The summed E-state index contributed by atoms with van der Waals surface area (Å²) in [6.07, 6.45) is 1.51. The summed E-state index contributed by atoms with van der Waals surface area (Å²) in [6, 6.07) is 6.82. The van der Waals surface area contributed by atoms with Gasteiger partial charge in [0.1, 0.15) is 5.60 Å². The number of hydrogen-bond donors (Lipinski definition) is 0. The Kier molecular flexibility index (Phi) is 2.99. The Hall–Kier alpha value is -1.27. The van der Waals surface area contributed by atoms with E-state index < -0.39 is 22.6 Å². The van der Waals surface area contributed by atoms with E-state index in [4.69, 9.17) is 9.31 Å². The van der Waals surface area contributed by atoms with Crippen molar-refractivity contribution in [3.8, 4) is 0 Å². The van der Waals surface area contributed by atoms with Crippen molar-refractivity contribution in [1.82, 2.24) is 0 Å². The SMILES string of the molecule is C=C1OB(c2cccc(S(=O)(=O)C3CC3)c2)OC1(C)C. The number of benzene rings is 1. The molecule has 1 aliphatic carbocycles. The van der Waals surface area contributed by atoms with Gasteiger partial charge in [-0.2, -0.15) is 0 Å². The minimum atomic E-state index is -3.19. The van der Waals surface area contributed by atoms with Crippen LogP contribution in [0.2, 0.25) is 0 Å². The molecular weight excluding hydrogens is 275 g/mol. The highest BCUT2D eigenvalue weighted by Crippen LogP contribution is 2.33. The van der Waals surface area contributed by atoms with E-state index in [9.17, 15) is 8.42 Å². The monoisotopic (exact) mass is 292 g/mol. The highest BCUT2D eigenvalue weighted by molar-refractivity contribution is 7.92. The van der Waals surface area contributed by atoms with Crippen LogP contribution in [0.15, 0.2) is 41.5 Å². The van der Waals surface area contributed by atoms with Gasteiger partial charge in [0.2, 0.25) is 0 Å². The summed E-state index contributed by atoms with van der Waals surface area (Å²) in [5.41, 5.74) is 0.147. The predicted molar refractivity (Wildman–Crippen MR) is 77.4 cm³/mol. The molecule has 2 aliphatic rings. The lowest BCUT2D eigenvalue weighted by molar-refractivity contribution is 0.173. The van der Waals surface area contributed by atoms with Crippen LogP contribution >= 0.6 is 0 Å². The van der Waals surface area contributed by atoms with Crippen molar-refractivity contribution in [3.05, 3.63) is 36.6 Å². The Morgan fingerprint density at radius 2 is 2.05 bits per heavy atom. The maximum absolute atomic E-state index is 12.3. The van der Waals surface area contributed by atoms with E-state index in [1.165, 1.54) is 0 Å². The molecule has 0 atom stereocenters. The molecule has 1 aromatic carbocycles. The maximum atomic E-state index is 12.3. The lowest BCUT2D eigenvalue weighted by atomic mass is 9.79. The first-order valence-electron chi connectivity index (χ1n) is 6.68. The van der Waals surface area contributed by atoms with Gasteiger partial charge in [-0.15, -0.1) is 0 Å². The lowest BCUT2D eigenvalue weighted by Crippen LogP contribution is -2.34. The normalized spacial score (nSPS) is 21.9. The second-order valence-electron chi connectivity index (χ2n) is 5.82. The molecule has 4 nitrogen and oxygen atoms in total. The lowest BCUT2D eigenvalue weighted by Gasteiger charge is -2.15. The van der Waals surface area contributed by atoms with E-state index in [0.717, 1.165) is 12.8 Å². The second kappa shape index (κ2) is 4.36. The molecule has 0 spiro atoms. The van der Waals surface area contributed by atoms with E-state index in [1.54, 1.807) is 18.2 Å². The Bertz CT molecular complexity index is 662. The summed E-state index contributed by atoms with van der Waals surface area (Å²) in [6.45, 7) is 7.58. The number of rotatable bonds is 3. The molecule has 0 unspecified atom stereocenters. The van der Waals surface area contributed by atoms with Crippen molar-refractivity contribution in [1.29, 1.82) is 0 Å². The van der Waals surface area contributed by atoms with Crippen LogP contribution < -0.4 is 5.46 Å². The van der Waals surface area contributed by atoms with Crippen LogP contribution in [0.3, 0.4) is 0 Å². The van der Waals surface area contributed by atoms with E-state index in [-0.39, 0.29) is 5.25 Å². The maximum Gasteiger partial charge on any atom is 0.563 e. The zero-order valence-corrected chi connectivity index (χ0v) is 12.4. The molecule has 1 aromatic rings. The zero-order valence-electron chi connectivity index (χ0n) is 11.6. The molecule has 1 heterocycles. The summed E-state index contributed by atoms with van der Waals surface area (Å²) in [5, 5.41) is -0.213. The molecule has 0 bridgehead atoms. The number of sulfone groups is 1. The van der Waals surface area contributed by atoms with Gasteiger partial charge in [0, 0.05) is 0 Å². The molecule has 6 heteroatoms. The molecular formula is C14H17BO4S. The van der Waals surface area contributed by atoms with Crippen molar-refractivity contribution < 1.29 is 17.7 Å². The second-order valence-corrected chi connectivity index (χ2v) is 8.05. The van der Waals surface area contributed by atoms with Crippen LogP contribution in [-0.4, -0.2) is 26.4 Å². The summed E-state index contributed by atoms with van der Waals surface area (Å²) >= 11 is 0. The van der Waals surface area contributed by atoms with Crippen LogP contribution in [0.25, 0.3) is 0 Å². The van der Waals surface area contributed by atoms with Gasteiger partial charge < -0.3 is 9.31 Å². The summed E-state index contributed by atoms with van der Waals surface area (Å²) in [5.74, 6) is 0.554. The van der Waals surface area contributed by atoms with Crippen molar-refractivity contribution in [2.45, 2.75) is 42.4 Å². The molecule has 106 valence electrons. The van der Waals surface area contributed by atoms with Gasteiger partial charge in [-0.3, -0.25) is 0 Å². The summed E-state index contributed by atoms with van der Waals surface area (Å²) in [4.78, 5) is 0.347. The average molecular weight is 292 g/mol. The van der Waals surface area contributed by atoms with Gasteiger partial charge in [-0.1, -0.05) is 18.7 Å². The molecule has 3 rings (SSSR count). The van der Waals surface area contributed by atoms with Gasteiger partial charge >= 0.3 is 7.12 Å². The highest BCUT2D eigenvalue weighted by Gasteiger charge is 2.43.